The van der Waals surface area contributed by atoms with Crippen LogP contribution in [0, 0.1) is 0 Å². The van der Waals surface area contributed by atoms with Crippen LogP contribution in [0.25, 0.3) is 0 Å². The fourth-order valence-corrected chi connectivity index (χ4v) is 4.13. The molecule has 2 atom stereocenters. The summed E-state index contributed by atoms with van der Waals surface area (Å²) in [5.74, 6) is 1.40. The van der Waals surface area contributed by atoms with Gasteiger partial charge >= 0.3 is 0 Å². The van der Waals surface area contributed by atoms with Gasteiger partial charge in [0.1, 0.15) is 0 Å². The van der Waals surface area contributed by atoms with Crippen molar-refractivity contribution < 1.29 is 0 Å². The second-order valence-corrected chi connectivity index (χ2v) is 6.60. The highest BCUT2D eigenvalue weighted by Gasteiger charge is 2.23. The van der Waals surface area contributed by atoms with Crippen LogP contribution in [0.3, 0.4) is 0 Å². The largest absolute Gasteiger partial charge is 0.313 e. The van der Waals surface area contributed by atoms with Crippen LogP contribution in [0.15, 0.2) is 0 Å². The topological polar surface area (TPSA) is 15.3 Å². The van der Waals surface area contributed by atoms with Crippen molar-refractivity contribution in [3.05, 3.63) is 0 Å². The van der Waals surface area contributed by atoms with E-state index in [1.807, 2.05) is 0 Å². The van der Waals surface area contributed by atoms with E-state index in [1.165, 1.54) is 64.0 Å². The average molecular weight is 242 g/mol. The molecule has 94 valence electrons. The number of hydrogen-bond donors (Lipinski definition) is 1. The first-order chi connectivity index (χ1) is 7.88. The molecule has 2 fully saturated rings. The fraction of sp³-hybridized carbons (Fsp3) is 1.00. The lowest BCUT2D eigenvalue weighted by Crippen LogP contribution is -2.47. The molecule has 2 aliphatic heterocycles. The summed E-state index contributed by atoms with van der Waals surface area (Å²) >= 11 is 2.19. The van der Waals surface area contributed by atoms with Gasteiger partial charge in [0, 0.05) is 24.4 Å². The van der Waals surface area contributed by atoms with E-state index in [2.05, 4.69) is 28.9 Å². The third-order valence-electron chi connectivity index (χ3n) is 3.67. The summed E-state index contributed by atoms with van der Waals surface area (Å²) in [6.07, 6.45) is 6.93. The monoisotopic (exact) mass is 242 g/mol. The maximum Gasteiger partial charge on any atom is 0.0195 e. The van der Waals surface area contributed by atoms with Crippen LogP contribution < -0.4 is 5.32 Å². The Kier molecular flexibility index (Phi) is 5.46. The Bertz CT molecular complexity index is 192. The lowest BCUT2D eigenvalue weighted by atomic mass is 10.0. The van der Waals surface area contributed by atoms with E-state index in [0.29, 0.717) is 0 Å². The lowest BCUT2D eigenvalue weighted by Gasteiger charge is -2.34. The summed E-state index contributed by atoms with van der Waals surface area (Å²) < 4.78 is 0. The maximum absolute atomic E-state index is 3.68. The summed E-state index contributed by atoms with van der Waals surface area (Å²) in [7, 11) is 0. The first-order valence-electron chi connectivity index (χ1n) is 6.96. The molecule has 0 aromatic heterocycles. The van der Waals surface area contributed by atoms with Crippen molar-refractivity contribution in [2.75, 3.05) is 31.9 Å². The summed E-state index contributed by atoms with van der Waals surface area (Å²) in [5.41, 5.74) is 0. The highest BCUT2D eigenvalue weighted by Crippen LogP contribution is 2.27. The zero-order valence-electron chi connectivity index (χ0n) is 10.6. The smallest absolute Gasteiger partial charge is 0.0195 e. The van der Waals surface area contributed by atoms with Crippen LogP contribution in [0.1, 0.15) is 39.0 Å². The first-order valence-corrected chi connectivity index (χ1v) is 8.00. The molecule has 0 aromatic rings. The van der Waals surface area contributed by atoms with Crippen molar-refractivity contribution in [2.45, 2.75) is 50.3 Å². The lowest BCUT2D eigenvalue weighted by molar-refractivity contribution is 0.191. The minimum Gasteiger partial charge on any atom is -0.313 e. The number of piperidine rings is 1. The van der Waals surface area contributed by atoms with Gasteiger partial charge < -0.3 is 10.2 Å². The minimum absolute atomic E-state index is 0.764. The molecule has 2 unspecified atom stereocenters. The molecule has 0 aliphatic carbocycles. The molecule has 16 heavy (non-hydrogen) atoms. The normalized spacial score (nSPS) is 32.1. The summed E-state index contributed by atoms with van der Waals surface area (Å²) in [6.45, 7) is 7.41. The third-order valence-corrected chi connectivity index (χ3v) is 5.05. The zero-order chi connectivity index (χ0) is 11.2. The van der Waals surface area contributed by atoms with E-state index >= 15 is 0 Å². The molecular formula is C13H26N2S. The Morgan fingerprint density at radius 1 is 1.31 bits per heavy atom. The van der Waals surface area contributed by atoms with Gasteiger partial charge in [-0.1, -0.05) is 6.92 Å². The van der Waals surface area contributed by atoms with E-state index < -0.39 is 0 Å². The Morgan fingerprint density at radius 2 is 2.25 bits per heavy atom. The molecule has 0 radical (unpaired) electrons. The second-order valence-electron chi connectivity index (χ2n) is 5.19. The SMILES string of the molecule is CCCNC1CCCN(CC2CCCS2)C1. The van der Waals surface area contributed by atoms with Gasteiger partial charge in [0.05, 0.1) is 0 Å². The van der Waals surface area contributed by atoms with Crippen LogP contribution in [-0.2, 0) is 0 Å². The van der Waals surface area contributed by atoms with Gasteiger partial charge in [-0.2, -0.15) is 11.8 Å². The van der Waals surface area contributed by atoms with Crippen LogP contribution in [0.5, 0.6) is 0 Å². The number of rotatable bonds is 5. The first kappa shape index (κ1) is 12.7. The van der Waals surface area contributed by atoms with Gasteiger partial charge in [-0.15, -0.1) is 0 Å². The van der Waals surface area contributed by atoms with Gasteiger partial charge in [-0.3, -0.25) is 0 Å². The highest BCUT2D eigenvalue weighted by atomic mass is 32.2. The third kappa shape index (κ3) is 3.94. The van der Waals surface area contributed by atoms with Crippen molar-refractivity contribution in [3.63, 3.8) is 0 Å². The van der Waals surface area contributed by atoms with Crippen molar-refractivity contribution in [1.82, 2.24) is 10.2 Å². The predicted octanol–water partition coefficient (Wildman–Crippen LogP) is 2.35. The van der Waals surface area contributed by atoms with Crippen LogP contribution >= 0.6 is 11.8 Å². The molecule has 2 saturated heterocycles. The predicted molar refractivity (Wildman–Crippen MR) is 73.2 cm³/mol. The Hall–Kier alpha value is 0.270. The summed E-state index contributed by atoms with van der Waals surface area (Å²) in [5, 5.41) is 4.61. The van der Waals surface area contributed by atoms with Gasteiger partial charge in [0.15, 0.2) is 0 Å². The van der Waals surface area contributed by atoms with Crippen LogP contribution in [0.4, 0.5) is 0 Å². The molecule has 3 heteroatoms. The molecule has 0 aromatic carbocycles. The number of thioether (sulfide) groups is 1. The molecule has 1 N–H and O–H groups in total. The maximum atomic E-state index is 3.68. The number of hydrogen-bond acceptors (Lipinski definition) is 3. The van der Waals surface area contributed by atoms with Gasteiger partial charge in [0.2, 0.25) is 0 Å². The molecule has 0 spiro atoms. The minimum atomic E-state index is 0.764. The standard InChI is InChI=1S/C13H26N2S/c1-2-7-14-12-5-3-8-15(10-12)11-13-6-4-9-16-13/h12-14H,2-11H2,1H3. The summed E-state index contributed by atoms with van der Waals surface area (Å²) in [6, 6.07) is 0.764. The second kappa shape index (κ2) is 6.87. The molecule has 0 amide bonds. The van der Waals surface area contributed by atoms with E-state index in [9.17, 15) is 0 Å². The van der Waals surface area contributed by atoms with E-state index in [-0.39, 0.29) is 0 Å². The molecule has 2 rings (SSSR count). The summed E-state index contributed by atoms with van der Waals surface area (Å²) in [4.78, 5) is 2.69. The van der Waals surface area contributed by atoms with Crippen LogP contribution in [0.2, 0.25) is 0 Å². The van der Waals surface area contributed by atoms with Crippen molar-refractivity contribution in [3.8, 4) is 0 Å². The zero-order valence-corrected chi connectivity index (χ0v) is 11.4. The van der Waals surface area contributed by atoms with Crippen molar-refractivity contribution in [2.24, 2.45) is 0 Å². The number of nitrogens with zero attached hydrogens (tertiary/aromatic N) is 1. The highest BCUT2D eigenvalue weighted by molar-refractivity contribution is 8.00. The van der Waals surface area contributed by atoms with Crippen molar-refractivity contribution >= 4 is 11.8 Å². The van der Waals surface area contributed by atoms with Crippen LogP contribution in [-0.4, -0.2) is 48.1 Å². The number of likely N-dealkylation sites (tertiary alicyclic amines) is 1. The van der Waals surface area contributed by atoms with Gasteiger partial charge in [-0.05, 0) is 50.9 Å². The Morgan fingerprint density at radius 3 is 3.00 bits per heavy atom. The molecule has 0 saturated carbocycles. The van der Waals surface area contributed by atoms with Gasteiger partial charge in [0.25, 0.3) is 0 Å². The Balaban J connectivity index is 1.68. The quantitative estimate of drug-likeness (QED) is 0.797. The van der Waals surface area contributed by atoms with E-state index in [4.69, 9.17) is 0 Å². The number of nitrogens with one attached hydrogen (secondary N) is 1. The fourth-order valence-electron chi connectivity index (χ4n) is 2.81. The molecule has 2 aliphatic rings. The molecular weight excluding hydrogens is 216 g/mol. The van der Waals surface area contributed by atoms with Gasteiger partial charge in [-0.25, -0.2) is 0 Å². The Labute approximate surface area is 105 Å². The molecule has 2 nitrogen and oxygen atoms in total. The van der Waals surface area contributed by atoms with E-state index in [1.54, 1.807) is 0 Å². The molecule has 0 bridgehead atoms. The molecule has 2 heterocycles. The van der Waals surface area contributed by atoms with E-state index in [0.717, 1.165) is 11.3 Å². The van der Waals surface area contributed by atoms with Crippen molar-refractivity contribution in [1.29, 1.82) is 0 Å². The average Bonchev–Trinajstić information content (AvgIpc) is 2.80.